The van der Waals surface area contributed by atoms with Gasteiger partial charge in [-0.2, -0.15) is 11.8 Å². The summed E-state index contributed by atoms with van der Waals surface area (Å²) in [4.78, 5) is 0. The monoisotopic (exact) mass is 160 g/mol. The van der Waals surface area contributed by atoms with Gasteiger partial charge < -0.3 is 0 Å². The summed E-state index contributed by atoms with van der Waals surface area (Å²) in [6.45, 7) is 4.57. The van der Waals surface area contributed by atoms with Gasteiger partial charge in [-0.15, -0.1) is 0 Å². The Morgan fingerprint density at radius 1 is 1.30 bits per heavy atom. The average molecular weight is 160 g/mol. The van der Waals surface area contributed by atoms with Crippen LogP contribution in [-0.2, 0) is 0 Å². The maximum Gasteiger partial charge on any atom is -0.00420 e. The van der Waals surface area contributed by atoms with Crippen LogP contribution < -0.4 is 0 Å². The van der Waals surface area contributed by atoms with E-state index in [9.17, 15) is 0 Å². The Morgan fingerprint density at radius 2 is 2.00 bits per heavy atom. The van der Waals surface area contributed by atoms with Gasteiger partial charge in [-0.05, 0) is 24.3 Å². The van der Waals surface area contributed by atoms with Crippen LogP contribution >= 0.6 is 11.8 Å². The van der Waals surface area contributed by atoms with E-state index in [2.05, 4.69) is 20.1 Å². The number of hydrogen-bond acceptors (Lipinski definition) is 1. The highest BCUT2D eigenvalue weighted by Crippen LogP contribution is 2.16. The molecule has 0 aliphatic heterocycles. The van der Waals surface area contributed by atoms with E-state index in [0.717, 1.165) is 5.92 Å². The largest absolute Gasteiger partial charge is 0.165 e. The fourth-order valence-corrected chi connectivity index (χ4v) is 2.01. The van der Waals surface area contributed by atoms with Gasteiger partial charge in [-0.25, -0.2) is 0 Å². The minimum atomic E-state index is 0.981. The zero-order chi connectivity index (χ0) is 7.82. The molecule has 1 heteroatoms. The first-order chi connectivity index (χ1) is 4.85. The molecule has 0 aromatic heterocycles. The van der Waals surface area contributed by atoms with Crippen molar-refractivity contribution in [3.63, 3.8) is 0 Å². The average Bonchev–Trinajstić information content (AvgIpc) is 1.98. The van der Waals surface area contributed by atoms with Crippen molar-refractivity contribution in [3.8, 4) is 0 Å². The van der Waals surface area contributed by atoms with Crippen molar-refractivity contribution in [1.82, 2.24) is 0 Å². The summed E-state index contributed by atoms with van der Waals surface area (Å²) in [6.07, 6.45) is 7.77. The maximum absolute atomic E-state index is 2.30. The van der Waals surface area contributed by atoms with Crippen molar-refractivity contribution in [2.75, 3.05) is 12.0 Å². The Labute approximate surface area is 69.8 Å². The van der Waals surface area contributed by atoms with E-state index in [0.29, 0.717) is 0 Å². The normalized spacial score (nSPS) is 13.5. The van der Waals surface area contributed by atoms with E-state index < -0.39 is 0 Å². The molecule has 62 valence electrons. The summed E-state index contributed by atoms with van der Waals surface area (Å²) in [5.74, 6) is 2.34. The second-order valence-corrected chi connectivity index (χ2v) is 3.78. The second kappa shape index (κ2) is 7.46. The number of rotatable bonds is 6. The number of thioether (sulfide) groups is 1. The molecule has 0 amide bonds. The lowest BCUT2D eigenvalue weighted by molar-refractivity contribution is 0.500. The van der Waals surface area contributed by atoms with E-state index in [1.165, 1.54) is 31.4 Å². The lowest BCUT2D eigenvalue weighted by Crippen LogP contribution is -2.01. The van der Waals surface area contributed by atoms with Crippen LogP contribution in [0.4, 0.5) is 0 Å². The smallest absolute Gasteiger partial charge is 0.00420 e. The van der Waals surface area contributed by atoms with Crippen LogP contribution in [0.3, 0.4) is 0 Å². The molecule has 1 atom stereocenters. The highest BCUT2D eigenvalue weighted by atomic mass is 32.2. The number of hydrogen-bond donors (Lipinski definition) is 0. The van der Waals surface area contributed by atoms with E-state index in [1.807, 2.05) is 11.8 Å². The lowest BCUT2D eigenvalue weighted by atomic mass is 10.0. The van der Waals surface area contributed by atoms with Crippen LogP contribution in [0, 0.1) is 5.92 Å². The maximum atomic E-state index is 2.30. The van der Waals surface area contributed by atoms with E-state index in [4.69, 9.17) is 0 Å². The van der Waals surface area contributed by atoms with Gasteiger partial charge in [-0.3, -0.25) is 0 Å². The summed E-state index contributed by atoms with van der Waals surface area (Å²) >= 11 is 1.98. The van der Waals surface area contributed by atoms with Gasteiger partial charge in [-0.1, -0.05) is 33.1 Å². The molecular formula is C9H20S. The van der Waals surface area contributed by atoms with Gasteiger partial charge in [0.25, 0.3) is 0 Å². The zero-order valence-corrected chi connectivity index (χ0v) is 8.34. The molecule has 0 spiro atoms. The summed E-state index contributed by atoms with van der Waals surface area (Å²) in [5.41, 5.74) is 0. The Kier molecular flexibility index (Phi) is 7.72. The van der Waals surface area contributed by atoms with Gasteiger partial charge in [0.1, 0.15) is 0 Å². The van der Waals surface area contributed by atoms with Crippen LogP contribution in [0.1, 0.15) is 39.5 Å². The molecule has 0 saturated carbocycles. The Balaban J connectivity index is 3.21. The molecule has 0 saturated heterocycles. The van der Waals surface area contributed by atoms with Crippen molar-refractivity contribution in [2.45, 2.75) is 39.5 Å². The summed E-state index contributed by atoms with van der Waals surface area (Å²) in [7, 11) is 0. The van der Waals surface area contributed by atoms with Crippen LogP contribution in [0.15, 0.2) is 0 Å². The molecule has 0 rings (SSSR count). The Morgan fingerprint density at radius 3 is 2.40 bits per heavy atom. The molecule has 0 aromatic carbocycles. The van der Waals surface area contributed by atoms with Crippen LogP contribution in [0.25, 0.3) is 0 Å². The lowest BCUT2D eigenvalue weighted by Gasteiger charge is -2.11. The van der Waals surface area contributed by atoms with Crippen LogP contribution in [0.2, 0.25) is 0 Å². The first-order valence-corrected chi connectivity index (χ1v) is 5.73. The first kappa shape index (κ1) is 10.3. The highest BCUT2D eigenvalue weighted by Gasteiger charge is 2.02. The predicted molar refractivity (Wildman–Crippen MR) is 51.7 cm³/mol. The van der Waals surface area contributed by atoms with E-state index in [-0.39, 0.29) is 0 Å². The standard InChI is InChI=1S/C9H20S/c1-4-6-7-9(5-2)8-10-3/h9H,4-8H2,1-3H3. The molecule has 1 unspecified atom stereocenters. The molecule has 10 heavy (non-hydrogen) atoms. The molecule has 0 aliphatic rings. The molecule has 0 heterocycles. The molecule has 0 aromatic rings. The minimum Gasteiger partial charge on any atom is -0.165 e. The minimum absolute atomic E-state index is 0.981. The van der Waals surface area contributed by atoms with Crippen molar-refractivity contribution in [3.05, 3.63) is 0 Å². The van der Waals surface area contributed by atoms with Crippen molar-refractivity contribution in [1.29, 1.82) is 0 Å². The second-order valence-electron chi connectivity index (χ2n) is 2.87. The topological polar surface area (TPSA) is 0 Å². The zero-order valence-electron chi connectivity index (χ0n) is 7.52. The van der Waals surface area contributed by atoms with Gasteiger partial charge in [0.05, 0.1) is 0 Å². The van der Waals surface area contributed by atoms with Crippen molar-refractivity contribution in [2.24, 2.45) is 5.92 Å². The molecule has 0 N–H and O–H groups in total. The third-order valence-electron chi connectivity index (χ3n) is 1.95. The highest BCUT2D eigenvalue weighted by molar-refractivity contribution is 7.98. The van der Waals surface area contributed by atoms with E-state index in [1.54, 1.807) is 0 Å². The van der Waals surface area contributed by atoms with Gasteiger partial charge >= 0.3 is 0 Å². The third kappa shape index (κ3) is 5.16. The molecule has 0 radical (unpaired) electrons. The summed E-state index contributed by atoms with van der Waals surface area (Å²) < 4.78 is 0. The predicted octanol–water partition coefficient (Wildman–Crippen LogP) is 3.57. The molecule has 0 nitrogen and oxygen atoms in total. The quantitative estimate of drug-likeness (QED) is 0.572. The SMILES string of the molecule is CCCCC(CC)CSC. The van der Waals surface area contributed by atoms with Crippen molar-refractivity contribution >= 4 is 11.8 Å². The summed E-state index contributed by atoms with van der Waals surface area (Å²) in [6, 6.07) is 0. The van der Waals surface area contributed by atoms with Crippen LogP contribution in [-0.4, -0.2) is 12.0 Å². The molecular weight excluding hydrogens is 140 g/mol. The first-order valence-electron chi connectivity index (χ1n) is 4.34. The van der Waals surface area contributed by atoms with Gasteiger partial charge in [0.15, 0.2) is 0 Å². The van der Waals surface area contributed by atoms with Gasteiger partial charge in [0, 0.05) is 0 Å². The van der Waals surface area contributed by atoms with E-state index >= 15 is 0 Å². The van der Waals surface area contributed by atoms with Gasteiger partial charge in [0.2, 0.25) is 0 Å². The number of unbranched alkanes of at least 4 members (excludes halogenated alkanes) is 1. The van der Waals surface area contributed by atoms with Crippen LogP contribution in [0.5, 0.6) is 0 Å². The summed E-state index contributed by atoms with van der Waals surface area (Å²) in [5, 5.41) is 0. The Bertz CT molecular complexity index is 61.7. The third-order valence-corrected chi connectivity index (χ3v) is 2.75. The fraction of sp³-hybridized carbons (Fsp3) is 1.00. The molecule has 0 bridgehead atoms. The Hall–Kier alpha value is 0.350. The molecule has 0 fully saturated rings. The molecule has 0 aliphatic carbocycles. The fourth-order valence-electron chi connectivity index (χ4n) is 1.13. The van der Waals surface area contributed by atoms with Crippen molar-refractivity contribution < 1.29 is 0 Å².